The summed E-state index contributed by atoms with van der Waals surface area (Å²) < 4.78 is 50.1. The highest BCUT2D eigenvalue weighted by Gasteiger charge is 2.28. The maximum absolute atomic E-state index is 12.4. The van der Waals surface area contributed by atoms with Gasteiger partial charge in [-0.1, -0.05) is 6.07 Å². The number of benzene rings is 2. The Bertz CT molecular complexity index is 1500. The first-order valence-electron chi connectivity index (χ1n) is 11.8. The van der Waals surface area contributed by atoms with Crippen LogP contribution >= 0.6 is 0 Å². The van der Waals surface area contributed by atoms with Crippen LogP contribution in [-0.4, -0.2) is 56.6 Å². The van der Waals surface area contributed by atoms with Gasteiger partial charge in [-0.25, -0.2) is 19.6 Å². The van der Waals surface area contributed by atoms with Crippen LogP contribution in [0.5, 0.6) is 11.5 Å². The Morgan fingerprint density at radius 2 is 1.90 bits per heavy atom. The van der Waals surface area contributed by atoms with Crippen molar-refractivity contribution in [2.45, 2.75) is 25.7 Å². The van der Waals surface area contributed by atoms with Crippen LogP contribution in [0, 0.1) is 11.3 Å². The Kier molecular flexibility index (Phi) is 8.43. The van der Waals surface area contributed by atoms with Crippen LogP contribution in [0.15, 0.2) is 61.4 Å². The molecule has 14 heteroatoms. The van der Waals surface area contributed by atoms with Crippen molar-refractivity contribution in [1.29, 1.82) is 5.26 Å². The number of nitriles is 1. The number of nitrogens with zero attached hydrogens (tertiary/aromatic N) is 6. The first-order chi connectivity index (χ1) is 19.1. The van der Waals surface area contributed by atoms with Gasteiger partial charge in [-0.05, 0) is 42.8 Å². The fraction of sp³-hybridized carbons (Fsp3) is 0.231. The predicted molar refractivity (Wildman–Crippen MR) is 137 cm³/mol. The van der Waals surface area contributed by atoms with E-state index < -0.39 is 18.6 Å². The van der Waals surface area contributed by atoms with Gasteiger partial charge in [0.1, 0.15) is 42.9 Å². The molecule has 4 aromatic rings. The number of aromatic nitrogens is 5. The summed E-state index contributed by atoms with van der Waals surface area (Å²) in [6.07, 6.45) is 1.35. The van der Waals surface area contributed by atoms with E-state index in [0.717, 1.165) is 5.56 Å². The summed E-state index contributed by atoms with van der Waals surface area (Å²) in [5.41, 5.74) is 2.15. The lowest BCUT2D eigenvalue weighted by molar-refractivity contribution is -0.123. The van der Waals surface area contributed by atoms with E-state index >= 15 is 0 Å². The number of rotatable bonds is 10. The minimum Gasteiger partial charge on any atom is -0.495 e. The third-order valence-corrected chi connectivity index (χ3v) is 5.49. The average Bonchev–Trinajstić information content (AvgIpc) is 3.44. The number of nitrogens with one attached hydrogen (secondary N) is 2. The molecule has 0 saturated heterocycles. The fourth-order valence-electron chi connectivity index (χ4n) is 3.62. The molecule has 0 saturated carbocycles. The molecule has 2 N–H and O–H groups in total. The standard InChI is InChI=1S/C26H23F3N8O3/c1-16(12-37-15-31-14-35-37)40-22-7-17(3-4-19(22)9-30)20-10-32-25(33-11-20)36-21-6-5-18(8-23(21)39-2)24(38)34-13-26(27,28)29/h3-8,10-11,14-16H,12-13H2,1-2H3,(H,34,38)(H,32,33,36)/t16-/m0/s1. The van der Waals surface area contributed by atoms with Crippen LogP contribution in [-0.2, 0) is 6.54 Å². The van der Waals surface area contributed by atoms with Crippen molar-refractivity contribution in [1.82, 2.24) is 30.0 Å². The topological polar surface area (TPSA) is 140 Å². The van der Waals surface area contributed by atoms with Gasteiger partial charge in [0.05, 0.1) is 24.9 Å². The average molecular weight is 553 g/mol. The zero-order valence-corrected chi connectivity index (χ0v) is 21.3. The fourth-order valence-corrected chi connectivity index (χ4v) is 3.62. The van der Waals surface area contributed by atoms with Crippen LogP contribution in [0.3, 0.4) is 0 Å². The number of methoxy groups -OCH3 is 1. The van der Waals surface area contributed by atoms with Gasteiger partial charge < -0.3 is 20.1 Å². The minimum absolute atomic E-state index is 0.00244. The van der Waals surface area contributed by atoms with Crippen molar-refractivity contribution in [2.75, 3.05) is 19.0 Å². The lowest BCUT2D eigenvalue weighted by atomic mass is 10.1. The molecule has 2 heterocycles. The lowest BCUT2D eigenvalue weighted by Crippen LogP contribution is -2.33. The molecule has 0 aliphatic rings. The Labute approximate surface area is 226 Å². The van der Waals surface area contributed by atoms with Gasteiger partial charge in [0.2, 0.25) is 5.95 Å². The van der Waals surface area contributed by atoms with Gasteiger partial charge >= 0.3 is 6.18 Å². The van der Waals surface area contributed by atoms with Crippen LogP contribution in [0.25, 0.3) is 11.1 Å². The number of carbonyl (C=O) groups excluding carboxylic acids is 1. The molecule has 0 unspecified atom stereocenters. The number of carbonyl (C=O) groups is 1. The number of hydrogen-bond donors (Lipinski definition) is 2. The Balaban J connectivity index is 1.46. The normalized spacial score (nSPS) is 11.8. The van der Waals surface area contributed by atoms with Crippen molar-refractivity contribution in [3.05, 3.63) is 72.6 Å². The third kappa shape index (κ3) is 7.22. The summed E-state index contributed by atoms with van der Waals surface area (Å²) in [6.45, 7) is 0.860. The van der Waals surface area contributed by atoms with Gasteiger partial charge in [0.15, 0.2) is 0 Å². The van der Waals surface area contributed by atoms with Crippen molar-refractivity contribution in [3.63, 3.8) is 0 Å². The molecule has 1 amide bonds. The van der Waals surface area contributed by atoms with Crippen LogP contribution in [0.1, 0.15) is 22.8 Å². The third-order valence-electron chi connectivity index (χ3n) is 5.49. The quantitative estimate of drug-likeness (QED) is 0.297. The van der Waals surface area contributed by atoms with E-state index in [4.69, 9.17) is 9.47 Å². The number of amides is 1. The smallest absolute Gasteiger partial charge is 0.405 e. The molecule has 0 bridgehead atoms. The number of halogens is 3. The highest BCUT2D eigenvalue weighted by molar-refractivity contribution is 5.95. The van der Waals surface area contributed by atoms with Crippen LogP contribution in [0.2, 0.25) is 0 Å². The molecule has 40 heavy (non-hydrogen) atoms. The van der Waals surface area contributed by atoms with E-state index in [9.17, 15) is 23.2 Å². The van der Waals surface area contributed by atoms with Gasteiger partial charge in [-0.15, -0.1) is 0 Å². The summed E-state index contributed by atoms with van der Waals surface area (Å²) in [5.74, 6) is -0.0654. The first-order valence-corrected chi connectivity index (χ1v) is 11.8. The van der Waals surface area contributed by atoms with Crippen molar-refractivity contribution < 1.29 is 27.4 Å². The molecule has 11 nitrogen and oxygen atoms in total. The highest BCUT2D eigenvalue weighted by Crippen LogP contribution is 2.30. The predicted octanol–water partition coefficient (Wildman–Crippen LogP) is 4.12. The molecule has 0 aliphatic heterocycles. The Morgan fingerprint density at radius 1 is 1.12 bits per heavy atom. The zero-order valence-electron chi connectivity index (χ0n) is 21.3. The maximum Gasteiger partial charge on any atom is 0.405 e. The van der Waals surface area contributed by atoms with Crippen molar-refractivity contribution in [3.8, 4) is 28.7 Å². The molecule has 206 valence electrons. The summed E-state index contributed by atoms with van der Waals surface area (Å²) >= 11 is 0. The minimum atomic E-state index is -4.52. The second-order valence-electron chi connectivity index (χ2n) is 8.50. The molecule has 4 rings (SSSR count). The Hall–Kier alpha value is -5.19. The van der Waals surface area contributed by atoms with E-state index in [1.807, 2.05) is 12.2 Å². The molecular formula is C26H23F3N8O3. The molecule has 0 radical (unpaired) electrons. The summed E-state index contributed by atoms with van der Waals surface area (Å²) in [7, 11) is 1.36. The van der Waals surface area contributed by atoms with E-state index in [2.05, 4.69) is 31.4 Å². The summed E-state index contributed by atoms with van der Waals surface area (Å²) in [5, 5.41) is 18.3. The molecule has 2 aromatic carbocycles. The summed E-state index contributed by atoms with van der Waals surface area (Å²) in [4.78, 5) is 24.6. The molecule has 1 atom stereocenters. The van der Waals surface area contributed by atoms with E-state index in [-0.39, 0.29) is 23.4 Å². The highest BCUT2D eigenvalue weighted by atomic mass is 19.4. The molecule has 0 aliphatic carbocycles. The largest absolute Gasteiger partial charge is 0.495 e. The lowest BCUT2D eigenvalue weighted by Gasteiger charge is -2.16. The Morgan fingerprint density at radius 3 is 2.55 bits per heavy atom. The SMILES string of the molecule is COc1cc(C(=O)NCC(F)(F)F)ccc1Nc1ncc(-c2ccc(C#N)c(O[C@@H](C)Cn3cncn3)c2)cn1. The van der Waals surface area contributed by atoms with Gasteiger partial charge in [0.25, 0.3) is 5.91 Å². The number of hydrogen-bond acceptors (Lipinski definition) is 9. The number of anilines is 2. The van der Waals surface area contributed by atoms with Crippen LogP contribution < -0.4 is 20.1 Å². The first kappa shape index (κ1) is 27.8. The van der Waals surface area contributed by atoms with Crippen molar-refractivity contribution in [2.24, 2.45) is 0 Å². The van der Waals surface area contributed by atoms with E-state index in [1.165, 1.54) is 31.6 Å². The molecule has 0 fully saturated rings. The maximum atomic E-state index is 12.4. The second-order valence-corrected chi connectivity index (χ2v) is 8.50. The van der Waals surface area contributed by atoms with Gasteiger partial charge in [-0.2, -0.15) is 23.5 Å². The zero-order chi connectivity index (χ0) is 28.7. The van der Waals surface area contributed by atoms with Gasteiger partial charge in [-0.3, -0.25) is 4.79 Å². The van der Waals surface area contributed by atoms with Crippen molar-refractivity contribution >= 4 is 17.5 Å². The second kappa shape index (κ2) is 12.1. The molecule has 0 spiro atoms. The van der Waals surface area contributed by atoms with Gasteiger partial charge in [0, 0.05) is 23.5 Å². The number of alkyl halides is 3. The number of ether oxygens (including phenoxy) is 2. The van der Waals surface area contributed by atoms with E-state index in [1.54, 1.807) is 41.6 Å². The van der Waals surface area contributed by atoms with Crippen LogP contribution in [0.4, 0.5) is 24.8 Å². The summed E-state index contributed by atoms with van der Waals surface area (Å²) in [6, 6.07) is 11.4. The molecule has 2 aromatic heterocycles. The van der Waals surface area contributed by atoms with E-state index in [0.29, 0.717) is 29.1 Å². The monoisotopic (exact) mass is 552 g/mol. The molecular weight excluding hydrogens is 529 g/mol.